The first-order valence-electron chi connectivity index (χ1n) is 15.8. The summed E-state index contributed by atoms with van der Waals surface area (Å²) in [6, 6.07) is 32.3. The third kappa shape index (κ3) is 11.6. The van der Waals surface area contributed by atoms with E-state index in [0.717, 1.165) is 5.56 Å². The molecular weight excluding hydrogens is 624 g/mol. The molecule has 13 nitrogen and oxygen atoms in total. The number of carbonyl (C=O) groups excluding carboxylic acids is 2. The van der Waals surface area contributed by atoms with Gasteiger partial charge in [0.1, 0.15) is 5.75 Å². The van der Waals surface area contributed by atoms with Gasteiger partial charge in [0.2, 0.25) is 17.8 Å². The monoisotopic (exact) mass is 662 g/mol. The van der Waals surface area contributed by atoms with Gasteiger partial charge in [0, 0.05) is 42.1 Å². The van der Waals surface area contributed by atoms with Gasteiger partial charge in [0.25, 0.3) is 11.8 Å². The van der Waals surface area contributed by atoms with Crippen molar-refractivity contribution in [2.45, 2.75) is 6.54 Å². The predicted molar refractivity (Wildman–Crippen MR) is 187 cm³/mol. The number of anilines is 5. The number of aromatic hydroxyl groups is 1. The molecule has 0 atom stereocenters. The van der Waals surface area contributed by atoms with E-state index in [0.29, 0.717) is 74.5 Å². The smallest absolute Gasteiger partial charge is 0.251 e. The van der Waals surface area contributed by atoms with Crippen molar-refractivity contribution in [1.82, 2.24) is 25.6 Å². The Morgan fingerprint density at radius 1 is 0.571 bits per heavy atom. The molecule has 49 heavy (non-hydrogen) atoms. The van der Waals surface area contributed by atoms with Crippen molar-refractivity contribution in [1.29, 1.82) is 0 Å². The number of rotatable bonds is 18. The first kappa shape index (κ1) is 34.3. The number of nitrogens with zero attached hydrogens (tertiary/aromatic N) is 3. The van der Waals surface area contributed by atoms with Crippen LogP contribution in [0.1, 0.15) is 26.3 Å². The summed E-state index contributed by atoms with van der Waals surface area (Å²) in [6.45, 7) is 2.72. The molecule has 13 heteroatoms. The summed E-state index contributed by atoms with van der Waals surface area (Å²) in [5.41, 5.74) is 3.37. The Kier molecular flexibility index (Phi) is 12.8. The van der Waals surface area contributed by atoms with Gasteiger partial charge in [0.15, 0.2) is 0 Å². The summed E-state index contributed by atoms with van der Waals surface area (Å²) in [4.78, 5) is 38.4. The number of carbonyl (C=O) groups is 2. The Balaban J connectivity index is 1.11. The van der Waals surface area contributed by atoms with E-state index >= 15 is 0 Å². The van der Waals surface area contributed by atoms with Crippen molar-refractivity contribution in [3.8, 4) is 5.75 Å². The van der Waals surface area contributed by atoms with Gasteiger partial charge in [-0.05, 0) is 60.2 Å². The molecule has 0 aliphatic carbocycles. The van der Waals surface area contributed by atoms with Crippen molar-refractivity contribution in [3.63, 3.8) is 0 Å². The number of hydrogen-bond acceptors (Lipinski definition) is 11. The van der Waals surface area contributed by atoms with E-state index in [4.69, 9.17) is 9.47 Å². The molecule has 5 aromatic rings. The third-order valence-corrected chi connectivity index (χ3v) is 6.91. The van der Waals surface area contributed by atoms with Crippen LogP contribution in [0.15, 0.2) is 109 Å². The van der Waals surface area contributed by atoms with Crippen molar-refractivity contribution >= 4 is 41.0 Å². The molecule has 0 spiro atoms. The maximum Gasteiger partial charge on any atom is 0.251 e. The first-order chi connectivity index (χ1) is 24.0. The average Bonchev–Trinajstić information content (AvgIpc) is 3.13. The number of ether oxygens (including phenoxy) is 2. The molecule has 0 saturated carbocycles. The minimum absolute atomic E-state index is 0.138. The lowest BCUT2D eigenvalue weighted by Crippen LogP contribution is -2.27. The molecule has 6 N–H and O–H groups in total. The Labute approximate surface area is 284 Å². The lowest BCUT2D eigenvalue weighted by atomic mass is 10.1. The number of benzene rings is 4. The average molecular weight is 663 g/mol. The molecular formula is C36H38N8O5. The summed E-state index contributed by atoms with van der Waals surface area (Å²) in [7, 11) is 0. The van der Waals surface area contributed by atoms with Gasteiger partial charge < -0.3 is 41.2 Å². The number of nitrogens with one attached hydrogen (secondary N) is 5. The summed E-state index contributed by atoms with van der Waals surface area (Å²) in [5, 5.41) is 24.8. The SMILES string of the molecule is O=C(NCCOCCOCCNc1nc(Nc2ccc(O)cc2)nc(Nc2cccc(C(=O)NCc3ccccc3)c2)n1)c1ccccc1. The zero-order valence-electron chi connectivity index (χ0n) is 26.8. The molecule has 0 fully saturated rings. The van der Waals surface area contributed by atoms with E-state index in [1.807, 2.05) is 54.6 Å². The van der Waals surface area contributed by atoms with E-state index < -0.39 is 0 Å². The Bertz CT molecular complexity index is 1780. The fourth-order valence-electron chi connectivity index (χ4n) is 4.47. The van der Waals surface area contributed by atoms with Crippen molar-refractivity contribution in [2.75, 3.05) is 55.5 Å². The first-order valence-corrected chi connectivity index (χ1v) is 15.8. The van der Waals surface area contributed by atoms with Crippen LogP contribution in [-0.4, -0.2) is 71.4 Å². The zero-order valence-corrected chi connectivity index (χ0v) is 26.8. The summed E-state index contributed by atoms with van der Waals surface area (Å²) in [6.07, 6.45) is 0. The maximum absolute atomic E-state index is 12.8. The second-order valence-corrected chi connectivity index (χ2v) is 10.6. The predicted octanol–water partition coefficient (Wildman–Crippen LogP) is 4.87. The number of phenols is 1. The quantitative estimate of drug-likeness (QED) is 0.0559. The molecule has 0 aliphatic rings. The Morgan fingerprint density at radius 2 is 1.16 bits per heavy atom. The normalized spacial score (nSPS) is 10.6. The highest BCUT2D eigenvalue weighted by Crippen LogP contribution is 2.21. The van der Waals surface area contributed by atoms with Crippen molar-refractivity contribution < 1.29 is 24.2 Å². The molecule has 0 aliphatic heterocycles. The molecule has 5 rings (SSSR count). The molecule has 0 unspecified atom stereocenters. The van der Waals surface area contributed by atoms with Crippen molar-refractivity contribution in [2.24, 2.45) is 0 Å². The van der Waals surface area contributed by atoms with Crippen LogP contribution in [0.5, 0.6) is 5.75 Å². The molecule has 1 heterocycles. The topological polar surface area (TPSA) is 172 Å². The highest BCUT2D eigenvalue weighted by atomic mass is 16.5. The third-order valence-electron chi connectivity index (χ3n) is 6.91. The van der Waals surface area contributed by atoms with Crippen LogP contribution in [0.25, 0.3) is 0 Å². The number of phenolic OH excluding ortho intramolecular Hbond substituents is 1. The van der Waals surface area contributed by atoms with Gasteiger partial charge in [0.05, 0.1) is 26.4 Å². The molecule has 4 aromatic carbocycles. The van der Waals surface area contributed by atoms with Crippen LogP contribution >= 0.6 is 0 Å². The van der Waals surface area contributed by atoms with E-state index in [1.54, 1.807) is 54.6 Å². The number of hydrogen-bond donors (Lipinski definition) is 6. The van der Waals surface area contributed by atoms with E-state index in [9.17, 15) is 14.7 Å². The lowest BCUT2D eigenvalue weighted by molar-refractivity contribution is 0.0519. The molecule has 2 amide bonds. The lowest BCUT2D eigenvalue weighted by Gasteiger charge is -2.12. The van der Waals surface area contributed by atoms with Crippen LogP contribution in [-0.2, 0) is 16.0 Å². The van der Waals surface area contributed by atoms with Crippen LogP contribution in [0.4, 0.5) is 29.2 Å². The van der Waals surface area contributed by atoms with Gasteiger partial charge in [-0.3, -0.25) is 9.59 Å². The van der Waals surface area contributed by atoms with E-state index in [2.05, 4.69) is 41.5 Å². The zero-order chi connectivity index (χ0) is 34.1. The summed E-state index contributed by atoms with van der Waals surface area (Å²) < 4.78 is 11.2. The minimum atomic E-state index is -0.208. The Morgan fingerprint density at radius 3 is 1.88 bits per heavy atom. The fourth-order valence-corrected chi connectivity index (χ4v) is 4.47. The second-order valence-electron chi connectivity index (χ2n) is 10.6. The highest BCUT2D eigenvalue weighted by Gasteiger charge is 2.11. The molecule has 252 valence electrons. The second kappa shape index (κ2) is 18.3. The minimum Gasteiger partial charge on any atom is -0.508 e. The standard InChI is InChI=1S/C36H38N8O5/c45-31-16-14-29(15-17-31)40-35-42-34(38-19-21-49-23-22-48-20-18-37-32(46)27-10-5-2-6-11-27)43-36(44-35)41-30-13-7-12-28(24-30)33(47)39-25-26-8-3-1-4-9-26/h1-17,24,45H,18-23,25H2,(H,37,46)(H,39,47)(H3,38,40,41,42,43,44). The Hall–Kier alpha value is -6.05. The summed E-state index contributed by atoms with van der Waals surface area (Å²) >= 11 is 0. The van der Waals surface area contributed by atoms with Gasteiger partial charge in [-0.25, -0.2) is 0 Å². The summed E-state index contributed by atoms with van der Waals surface area (Å²) in [5.74, 6) is 0.592. The van der Waals surface area contributed by atoms with Gasteiger partial charge in [-0.2, -0.15) is 15.0 Å². The van der Waals surface area contributed by atoms with Crippen molar-refractivity contribution in [3.05, 3.63) is 126 Å². The van der Waals surface area contributed by atoms with E-state index in [1.165, 1.54) is 0 Å². The molecule has 0 bridgehead atoms. The number of aromatic nitrogens is 3. The molecule has 1 aromatic heterocycles. The largest absolute Gasteiger partial charge is 0.508 e. The maximum atomic E-state index is 12.8. The fraction of sp³-hybridized carbons (Fsp3) is 0.194. The molecule has 0 radical (unpaired) electrons. The molecule has 0 saturated heterocycles. The van der Waals surface area contributed by atoms with E-state index in [-0.39, 0.29) is 29.5 Å². The number of amides is 2. The van der Waals surface area contributed by atoms with Crippen LogP contribution in [0, 0.1) is 0 Å². The van der Waals surface area contributed by atoms with Gasteiger partial charge >= 0.3 is 0 Å². The van der Waals surface area contributed by atoms with Crippen LogP contribution < -0.4 is 26.6 Å². The van der Waals surface area contributed by atoms with Gasteiger partial charge in [-0.15, -0.1) is 0 Å². The highest BCUT2D eigenvalue weighted by molar-refractivity contribution is 5.95. The van der Waals surface area contributed by atoms with Gasteiger partial charge in [-0.1, -0.05) is 54.6 Å². The van der Waals surface area contributed by atoms with Crippen LogP contribution in [0.3, 0.4) is 0 Å². The van der Waals surface area contributed by atoms with Crippen LogP contribution in [0.2, 0.25) is 0 Å².